The molecule has 0 radical (unpaired) electrons. The van der Waals surface area contributed by atoms with Gasteiger partial charge in [0.25, 0.3) is 0 Å². The number of carbonyl (C=O) groups is 1. The van der Waals surface area contributed by atoms with Gasteiger partial charge in [-0.2, -0.15) is 0 Å². The lowest BCUT2D eigenvalue weighted by Gasteiger charge is -2.40. The van der Waals surface area contributed by atoms with Gasteiger partial charge in [0, 0.05) is 43.9 Å². The highest BCUT2D eigenvalue weighted by Crippen LogP contribution is 2.33. The number of nitrogens with zero attached hydrogens (tertiary/aromatic N) is 3. The Morgan fingerprint density at radius 3 is 2.76 bits per heavy atom. The van der Waals surface area contributed by atoms with Crippen LogP contribution in [0.1, 0.15) is 25.3 Å². The smallest absolute Gasteiger partial charge is 0.222 e. The zero-order valence-corrected chi connectivity index (χ0v) is 12.4. The third-order valence-electron chi connectivity index (χ3n) is 4.44. The number of imidazole rings is 1. The third kappa shape index (κ3) is 2.99. The molecule has 1 atom stereocenters. The highest BCUT2D eigenvalue weighted by Gasteiger charge is 2.35. The van der Waals surface area contributed by atoms with E-state index < -0.39 is 0 Å². The summed E-state index contributed by atoms with van der Waals surface area (Å²) in [6.07, 6.45) is 7.06. The second-order valence-corrected chi connectivity index (χ2v) is 6.04. The van der Waals surface area contributed by atoms with E-state index in [0.717, 1.165) is 26.1 Å². The molecule has 0 N–H and O–H groups in total. The van der Waals surface area contributed by atoms with Crippen molar-refractivity contribution in [1.29, 1.82) is 0 Å². The van der Waals surface area contributed by atoms with Gasteiger partial charge in [-0.25, -0.2) is 4.98 Å². The molecule has 4 nitrogen and oxygen atoms in total. The van der Waals surface area contributed by atoms with E-state index in [0.29, 0.717) is 6.42 Å². The molecule has 0 bridgehead atoms. The fourth-order valence-corrected chi connectivity index (χ4v) is 3.06. The summed E-state index contributed by atoms with van der Waals surface area (Å²) in [5, 5.41) is 0. The van der Waals surface area contributed by atoms with Crippen molar-refractivity contribution in [3.8, 4) is 0 Å². The van der Waals surface area contributed by atoms with Crippen LogP contribution in [0.2, 0.25) is 0 Å². The van der Waals surface area contributed by atoms with E-state index >= 15 is 0 Å². The standard InChI is InChI=1S/C17H21N3O/c1-17(15-5-3-2-4-6-15)8-7-16(21)20(13-17)12-11-19-10-9-18-14-19/h2-6,9-10,14H,7-8,11-13H2,1H3. The number of hydrogen-bond donors (Lipinski definition) is 0. The molecule has 0 aliphatic carbocycles. The first-order valence-electron chi connectivity index (χ1n) is 7.46. The number of likely N-dealkylation sites (tertiary alicyclic amines) is 1. The summed E-state index contributed by atoms with van der Waals surface area (Å²) in [4.78, 5) is 18.2. The molecule has 2 heterocycles. The number of piperidine rings is 1. The van der Waals surface area contributed by atoms with Crippen molar-refractivity contribution in [3.63, 3.8) is 0 Å². The minimum Gasteiger partial charge on any atom is -0.340 e. The minimum absolute atomic E-state index is 0.0596. The van der Waals surface area contributed by atoms with Gasteiger partial charge in [0.15, 0.2) is 0 Å². The fraction of sp³-hybridized carbons (Fsp3) is 0.412. The van der Waals surface area contributed by atoms with Crippen LogP contribution in [-0.4, -0.2) is 33.4 Å². The maximum Gasteiger partial charge on any atom is 0.222 e. The van der Waals surface area contributed by atoms with Gasteiger partial charge in [-0.1, -0.05) is 37.3 Å². The largest absolute Gasteiger partial charge is 0.340 e. The Kier molecular flexibility index (Phi) is 3.78. The van der Waals surface area contributed by atoms with Crippen LogP contribution in [-0.2, 0) is 16.8 Å². The normalized spacial score (nSPS) is 22.5. The van der Waals surface area contributed by atoms with Gasteiger partial charge in [-0.05, 0) is 12.0 Å². The molecule has 0 spiro atoms. The molecule has 110 valence electrons. The van der Waals surface area contributed by atoms with Crippen molar-refractivity contribution < 1.29 is 4.79 Å². The molecule has 1 fully saturated rings. The maximum atomic E-state index is 12.2. The molecule has 21 heavy (non-hydrogen) atoms. The van der Waals surface area contributed by atoms with Gasteiger partial charge in [-0.15, -0.1) is 0 Å². The summed E-state index contributed by atoms with van der Waals surface area (Å²) in [6, 6.07) is 10.5. The first kappa shape index (κ1) is 13.9. The first-order valence-corrected chi connectivity index (χ1v) is 7.46. The summed E-state index contributed by atoms with van der Waals surface area (Å²) < 4.78 is 2.02. The second-order valence-electron chi connectivity index (χ2n) is 6.04. The number of aromatic nitrogens is 2. The number of benzene rings is 1. The van der Waals surface area contributed by atoms with Crippen molar-refractivity contribution in [3.05, 3.63) is 54.6 Å². The van der Waals surface area contributed by atoms with Gasteiger partial charge in [0.1, 0.15) is 0 Å². The number of hydrogen-bond acceptors (Lipinski definition) is 2. The minimum atomic E-state index is 0.0596. The number of rotatable bonds is 4. The molecule has 1 aromatic heterocycles. The summed E-state index contributed by atoms with van der Waals surface area (Å²) in [7, 11) is 0. The topological polar surface area (TPSA) is 38.1 Å². The van der Waals surface area contributed by atoms with Gasteiger partial charge in [-0.3, -0.25) is 4.79 Å². The van der Waals surface area contributed by atoms with E-state index in [9.17, 15) is 4.79 Å². The Morgan fingerprint density at radius 1 is 1.24 bits per heavy atom. The molecule has 1 unspecified atom stereocenters. The molecule has 0 saturated carbocycles. The lowest BCUT2D eigenvalue weighted by atomic mass is 9.76. The predicted octanol–water partition coefficient (Wildman–Crippen LogP) is 2.46. The van der Waals surface area contributed by atoms with E-state index in [1.54, 1.807) is 12.5 Å². The summed E-state index contributed by atoms with van der Waals surface area (Å²) in [6.45, 7) is 4.61. The van der Waals surface area contributed by atoms with Crippen molar-refractivity contribution in [1.82, 2.24) is 14.5 Å². The molecule has 1 amide bonds. The molecule has 4 heteroatoms. The Morgan fingerprint density at radius 2 is 2.05 bits per heavy atom. The van der Waals surface area contributed by atoms with Crippen molar-refractivity contribution >= 4 is 5.91 Å². The van der Waals surface area contributed by atoms with Crippen molar-refractivity contribution in [2.24, 2.45) is 0 Å². The highest BCUT2D eigenvalue weighted by atomic mass is 16.2. The van der Waals surface area contributed by atoms with Crippen molar-refractivity contribution in [2.45, 2.75) is 31.7 Å². The van der Waals surface area contributed by atoms with E-state index in [1.807, 2.05) is 21.7 Å². The Labute approximate surface area is 125 Å². The molecular formula is C17H21N3O. The molecule has 3 rings (SSSR count). The average Bonchev–Trinajstić information content (AvgIpc) is 3.03. The van der Waals surface area contributed by atoms with Crippen LogP contribution in [0, 0.1) is 0 Å². The Bertz CT molecular complexity index is 594. The number of carbonyl (C=O) groups excluding carboxylic acids is 1. The first-order chi connectivity index (χ1) is 10.2. The fourth-order valence-electron chi connectivity index (χ4n) is 3.06. The molecule has 1 aliphatic rings. The van der Waals surface area contributed by atoms with E-state index in [1.165, 1.54) is 5.56 Å². The van der Waals surface area contributed by atoms with Crippen LogP contribution < -0.4 is 0 Å². The SMILES string of the molecule is CC1(c2ccccc2)CCC(=O)N(CCn2ccnc2)C1. The van der Waals surface area contributed by atoms with Gasteiger partial charge < -0.3 is 9.47 Å². The van der Waals surface area contributed by atoms with Crippen LogP contribution in [0.5, 0.6) is 0 Å². The Balaban J connectivity index is 1.71. The van der Waals surface area contributed by atoms with E-state index in [-0.39, 0.29) is 11.3 Å². The van der Waals surface area contributed by atoms with Gasteiger partial charge >= 0.3 is 0 Å². The summed E-state index contributed by atoms with van der Waals surface area (Å²) in [5.41, 5.74) is 1.38. The molecule has 1 saturated heterocycles. The van der Waals surface area contributed by atoms with Crippen molar-refractivity contribution in [2.75, 3.05) is 13.1 Å². The average molecular weight is 283 g/mol. The third-order valence-corrected chi connectivity index (χ3v) is 4.44. The molecular weight excluding hydrogens is 262 g/mol. The lowest BCUT2D eigenvalue weighted by molar-refractivity contribution is -0.135. The monoisotopic (exact) mass is 283 g/mol. The highest BCUT2D eigenvalue weighted by molar-refractivity contribution is 5.77. The van der Waals surface area contributed by atoms with E-state index in [4.69, 9.17) is 0 Å². The summed E-state index contributed by atoms with van der Waals surface area (Å²) in [5.74, 6) is 0.267. The number of amides is 1. The van der Waals surface area contributed by atoms with E-state index in [2.05, 4.69) is 36.2 Å². The Hall–Kier alpha value is -2.10. The maximum absolute atomic E-state index is 12.2. The molecule has 1 aromatic carbocycles. The van der Waals surface area contributed by atoms with Gasteiger partial charge in [0.2, 0.25) is 5.91 Å². The lowest BCUT2D eigenvalue weighted by Crippen LogP contribution is -2.48. The molecule has 1 aliphatic heterocycles. The summed E-state index contributed by atoms with van der Waals surface area (Å²) >= 11 is 0. The van der Waals surface area contributed by atoms with Crippen LogP contribution in [0.4, 0.5) is 0 Å². The van der Waals surface area contributed by atoms with Crippen LogP contribution >= 0.6 is 0 Å². The van der Waals surface area contributed by atoms with Crippen LogP contribution in [0.25, 0.3) is 0 Å². The second kappa shape index (κ2) is 5.72. The van der Waals surface area contributed by atoms with Crippen LogP contribution in [0.3, 0.4) is 0 Å². The van der Waals surface area contributed by atoms with Crippen LogP contribution in [0.15, 0.2) is 49.1 Å². The van der Waals surface area contributed by atoms with Gasteiger partial charge in [0.05, 0.1) is 6.33 Å². The predicted molar refractivity (Wildman–Crippen MR) is 81.8 cm³/mol. The quantitative estimate of drug-likeness (QED) is 0.864. The molecule has 2 aromatic rings. The zero-order chi connectivity index (χ0) is 14.7. The zero-order valence-electron chi connectivity index (χ0n) is 12.4.